The summed E-state index contributed by atoms with van der Waals surface area (Å²) in [6, 6.07) is 3.09. The van der Waals surface area contributed by atoms with Gasteiger partial charge in [-0.3, -0.25) is 14.0 Å². The molecule has 0 aliphatic rings. The molecule has 0 aromatic carbocycles. The van der Waals surface area contributed by atoms with Gasteiger partial charge in [0.2, 0.25) is 0 Å². The van der Waals surface area contributed by atoms with Crippen LogP contribution in [0.25, 0.3) is 0 Å². The molecule has 1 amide bonds. The summed E-state index contributed by atoms with van der Waals surface area (Å²) in [4.78, 5) is 15.7. The second-order valence-electron chi connectivity index (χ2n) is 3.80. The topological polar surface area (TPSA) is 59.1 Å². The van der Waals surface area contributed by atoms with Crippen LogP contribution in [0.5, 0.6) is 0 Å². The Balaban J connectivity index is 2.51. The van der Waals surface area contributed by atoms with Gasteiger partial charge in [0.1, 0.15) is 5.69 Å². The maximum Gasteiger partial charge on any atom is 0.270 e. The van der Waals surface area contributed by atoms with Crippen molar-refractivity contribution in [2.24, 2.45) is 0 Å². The van der Waals surface area contributed by atoms with Crippen molar-refractivity contribution in [3.63, 3.8) is 0 Å². The lowest BCUT2D eigenvalue weighted by molar-refractivity contribution is 0.0934. The first kappa shape index (κ1) is 14.1. The highest BCUT2D eigenvalue weighted by molar-refractivity contribution is 7.84. The van der Waals surface area contributed by atoms with Crippen LogP contribution >= 0.6 is 11.6 Å². The van der Waals surface area contributed by atoms with Gasteiger partial charge in [-0.15, -0.1) is 0 Å². The van der Waals surface area contributed by atoms with Crippen molar-refractivity contribution >= 4 is 28.3 Å². The van der Waals surface area contributed by atoms with Crippen LogP contribution in [0.2, 0.25) is 5.02 Å². The van der Waals surface area contributed by atoms with Crippen LogP contribution in [0.3, 0.4) is 0 Å². The van der Waals surface area contributed by atoms with E-state index in [1.165, 1.54) is 12.3 Å². The van der Waals surface area contributed by atoms with Gasteiger partial charge in [-0.25, -0.2) is 0 Å². The Hall–Kier alpha value is -0.940. The lowest BCUT2D eigenvalue weighted by Gasteiger charge is -2.12. The zero-order chi connectivity index (χ0) is 12.8. The predicted molar refractivity (Wildman–Crippen MR) is 69.7 cm³/mol. The summed E-state index contributed by atoms with van der Waals surface area (Å²) in [7, 11) is -0.837. The smallest absolute Gasteiger partial charge is 0.270 e. The molecule has 1 heterocycles. The third-order valence-corrected chi connectivity index (χ3v) is 3.22. The number of rotatable bonds is 5. The fourth-order valence-electron chi connectivity index (χ4n) is 1.24. The Morgan fingerprint density at radius 2 is 2.35 bits per heavy atom. The number of aromatic nitrogens is 1. The second-order valence-corrected chi connectivity index (χ2v) is 5.79. The van der Waals surface area contributed by atoms with Crippen molar-refractivity contribution in [3.05, 3.63) is 29.0 Å². The third kappa shape index (κ3) is 5.28. The molecule has 1 aromatic rings. The van der Waals surface area contributed by atoms with E-state index in [0.29, 0.717) is 22.9 Å². The van der Waals surface area contributed by atoms with Gasteiger partial charge in [0, 0.05) is 40.1 Å². The molecule has 6 heteroatoms. The minimum Gasteiger partial charge on any atom is -0.348 e. The van der Waals surface area contributed by atoms with Gasteiger partial charge < -0.3 is 5.32 Å². The average molecular weight is 275 g/mol. The van der Waals surface area contributed by atoms with Crippen LogP contribution in [-0.2, 0) is 10.8 Å². The minimum absolute atomic E-state index is 0.0350. The molecule has 0 aliphatic carbocycles. The molecule has 0 fully saturated rings. The first-order valence-corrected chi connectivity index (χ1v) is 7.32. The average Bonchev–Trinajstić information content (AvgIpc) is 2.26. The molecular formula is C11H15ClN2O2S. The first-order chi connectivity index (χ1) is 7.99. The normalized spacial score (nSPS) is 14.1. The third-order valence-electron chi connectivity index (χ3n) is 2.17. The minimum atomic E-state index is -0.837. The van der Waals surface area contributed by atoms with Gasteiger partial charge in [0.05, 0.1) is 0 Å². The molecule has 0 saturated carbocycles. The molecule has 0 saturated heterocycles. The molecular weight excluding hydrogens is 260 g/mol. The number of halogens is 1. The van der Waals surface area contributed by atoms with Gasteiger partial charge in [-0.05, 0) is 25.5 Å². The molecule has 2 atom stereocenters. The number of pyridine rings is 1. The summed E-state index contributed by atoms with van der Waals surface area (Å²) in [5.41, 5.74) is 0.293. The van der Waals surface area contributed by atoms with Gasteiger partial charge in [-0.1, -0.05) is 11.6 Å². The summed E-state index contributed by atoms with van der Waals surface area (Å²) in [6.07, 6.45) is 3.81. The van der Waals surface area contributed by atoms with Crippen LogP contribution in [0.4, 0.5) is 0 Å². The first-order valence-electron chi connectivity index (χ1n) is 5.21. The number of hydrogen-bond donors (Lipinski definition) is 1. The zero-order valence-corrected chi connectivity index (χ0v) is 11.3. The zero-order valence-electron chi connectivity index (χ0n) is 9.77. The lowest BCUT2D eigenvalue weighted by Crippen LogP contribution is -2.34. The maximum atomic E-state index is 11.7. The van der Waals surface area contributed by atoms with E-state index in [1.54, 1.807) is 12.3 Å². The summed E-state index contributed by atoms with van der Waals surface area (Å²) >= 11 is 5.77. The van der Waals surface area contributed by atoms with E-state index in [2.05, 4.69) is 10.3 Å². The molecule has 0 aliphatic heterocycles. The van der Waals surface area contributed by atoms with Gasteiger partial charge in [0.25, 0.3) is 5.91 Å². The Labute approximate surface area is 108 Å². The molecule has 0 spiro atoms. The molecule has 2 unspecified atom stereocenters. The number of carbonyl (C=O) groups excluding carboxylic acids is 1. The number of carbonyl (C=O) groups is 1. The summed E-state index contributed by atoms with van der Waals surface area (Å²) in [6.45, 7) is 1.87. The highest BCUT2D eigenvalue weighted by Gasteiger charge is 2.11. The fraction of sp³-hybridized carbons (Fsp3) is 0.455. The molecule has 0 radical (unpaired) electrons. The number of nitrogens with zero attached hydrogens (tertiary/aromatic N) is 1. The van der Waals surface area contributed by atoms with E-state index in [9.17, 15) is 9.00 Å². The standard InChI is InChI=1S/C11H15ClN2O2S/c1-8(4-6-17(2)16)14-11(15)10-7-9(12)3-5-13-10/h3,5,7-8H,4,6H2,1-2H3,(H,14,15). The van der Waals surface area contributed by atoms with Crippen molar-refractivity contribution in [2.75, 3.05) is 12.0 Å². The molecule has 0 bridgehead atoms. The summed E-state index contributed by atoms with van der Waals surface area (Å²) in [5, 5.41) is 3.26. The van der Waals surface area contributed by atoms with E-state index in [4.69, 9.17) is 11.6 Å². The van der Waals surface area contributed by atoms with Crippen molar-refractivity contribution in [1.29, 1.82) is 0 Å². The summed E-state index contributed by atoms with van der Waals surface area (Å²) in [5.74, 6) is 0.312. The van der Waals surface area contributed by atoms with Crippen LogP contribution < -0.4 is 5.32 Å². The highest BCUT2D eigenvalue weighted by atomic mass is 35.5. The van der Waals surface area contributed by atoms with Gasteiger partial charge in [0.15, 0.2) is 0 Å². The molecule has 4 nitrogen and oxygen atoms in total. The van der Waals surface area contributed by atoms with Crippen LogP contribution in [-0.4, -0.2) is 33.2 Å². The van der Waals surface area contributed by atoms with Crippen LogP contribution in [0.15, 0.2) is 18.3 Å². The van der Waals surface area contributed by atoms with Crippen LogP contribution in [0, 0.1) is 0 Å². The quantitative estimate of drug-likeness (QED) is 0.888. The SMILES string of the molecule is CC(CCS(C)=O)NC(=O)c1cc(Cl)ccn1. The van der Waals surface area contributed by atoms with E-state index >= 15 is 0 Å². The lowest BCUT2D eigenvalue weighted by atomic mass is 10.2. The van der Waals surface area contributed by atoms with Crippen molar-refractivity contribution in [1.82, 2.24) is 10.3 Å². The largest absolute Gasteiger partial charge is 0.348 e. The number of hydrogen-bond acceptors (Lipinski definition) is 3. The number of amides is 1. The van der Waals surface area contributed by atoms with E-state index in [-0.39, 0.29) is 11.9 Å². The Morgan fingerprint density at radius 1 is 1.65 bits per heavy atom. The van der Waals surface area contributed by atoms with Crippen molar-refractivity contribution in [2.45, 2.75) is 19.4 Å². The molecule has 1 rings (SSSR count). The fourth-order valence-corrected chi connectivity index (χ4v) is 2.09. The van der Waals surface area contributed by atoms with E-state index in [1.807, 2.05) is 6.92 Å². The molecule has 17 heavy (non-hydrogen) atoms. The maximum absolute atomic E-state index is 11.7. The van der Waals surface area contributed by atoms with E-state index in [0.717, 1.165) is 0 Å². The Kier molecular flexibility index (Phi) is 5.58. The Morgan fingerprint density at radius 3 is 2.94 bits per heavy atom. The Bertz CT molecular complexity index is 426. The van der Waals surface area contributed by atoms with Gasteiger partial charge >= 0.3 is 0 Å². The predicted octanol–water partition coefficient (Wildman–Crippen LogP) is 1.62. The molecule has 1 N–H and O–H groups in total. The monoisotopic (exact) mass is 274 g/mol. The van der Waals surface area contributed by atoms with Gasteiger partial charge in [-0.2, -0.15) is 0 Å². The van der Waals surface area contributed by atoms with E-state index < -0.39 is 10.8 Å². The molecule has 94 valence electrons. The van der Waals surface area contributed by atoms with Crippen molar-refractivity contribution < 1.29 is 9.00 Å². The highest BCUT2D eigenvalue weighted by Crippen LogP contribution is 2.08. The van der Waals surface area contributed by atoms with Crippen molar-refractivity contribution in [3.8, 4) is 0 Å². The number of nitrogens with one attached hydrogen (secondary N) is 1. The second kappa shape index (κ2) is 6.71. The summed E-state index contributed by atoms with van der Waals surface area (Å²) < 4.78 is 10.9. The molecule has 1 aromatic heterocycles. The van der Waals surface area contributed by atoms with Crippen LogP contribution in [0.1, 0.15) is 23.8 Å².